The molecule has 4 heteroatoms. The van der Waals surface area contributed by atoms with Gasteiger partial charge in [-0.2, -0.15) is 0 Å². The van der Waals surface area contributed by atoms with Crippen LogP contribution in [-0.2, 0) is 9.73 Å². The van der Waals surface area contributed by atoms with Gasteiger partial charge in [-0.05, 0) is 43.2 Å². The fraction of sp³-hybridized carbons (Fsp3) is 0.579. The first-order valence-corrected chi connectivity index (χ1v) is 10.0. The first-order chi connectivity index (χ1) is 10.8. The lowest BCUT2D eigenvalue weighted by Gasteiger charge is -2.50. The quantitative estimate of drug-likeness (QED) is 0.853. The summed E-state index contributed by atoms with van der Waals surface area (Å²) in [5.74, 6) is 1.05. The van der Waals surface area contributed by atoms with Gasteiger partial charge in [-0.15, -0.1) is 0 Å². The summed E-state index contributed by atoms with van der Waals surface area (Å²) in [5.41, 5.74) is -0.223. The molecule has 2 saturated carbocycles. The molecular formula is C19H27NO2S. The summed E-state index contributed by atoms with van der Waals surface area (Å²) in [7, 11) is -1.04. The zero-order chi connectivity index (χ0) is 16.9. The van der Waals surface area contributed by atoms with Crippen molar-refractivity contribution in [3.05, 3.63) is 42.5 Å². The second kappa shape index (κ2) is 5.45. The highest BCUT2D eigenvalue weighted by Crippen LogP contribution is 2.61. The zero-order valence-corrected chi connectivity index (χ0v) is 15.1. The van der Waals surface area contributed by atoms with E-state index < -0.39 is 15.3 Å². The Bertz CT molecular complexity index is 735. The van der Waals surface area contributed by atoms with E-state index in [1.165, 1.54) is 0 Å². The number of aliphatic hydroxyl groups is 1. The van der Waals surface area contributed by atoms with Crippen LogP contribution in [0.3, 0.4) is 0 Å². The van der Waals surface area contributed by atoms with Gasteiger partial charge in [0.2, 0.25) is 0 Å². The molecule has 2 fully saturated rings. The highest BCUT2D eigenvalue weighted by Gasteiger charge is 2.59. The third-order valence-corrected chi connectivity index (χ3v) is 8.79. The van der Waals surface area contributed by atoms with Crippen molar-refractivity contribution in [2.24, 2.45) is 21.6 Å². The van der Waals surface area contributed by atoms with Crippen LogP contribution in [0, 0.1) is 17.3 Å². The molecular weight excluding hydrogens is 306 g/mol. The molecule has 0 saturated heterocycles. The van der Waals surface area contributed by atoms with Crippen molar-refractivity contribution < 1.29 is 9.32 Å². The molecule has 0 amide bonds. The Labute approximate surface area is 140 Å². The first-order valence-electron chi connectivity index (χ1n) is 8.35. The normalized spacial score (nSPS) is 39.0. The predicted molar refractivity (Wildman–Crippen MR) is 94.8 cm³/mol. The maximum absolute atomic E-state index is 13.5. The Morgan fingerprint density at radius 1 is 1.39 bits per heavy atom. The topological polar surface area (TPSA) is 49.7 Å². The third kappa shape index (κ3) is 2.38. The summed E-state index contributed by atoms with van der Waals surface area (Å²) in [6.45, 7) is 8.58. The van der Waals surface area contributed by atoms with Crippen LogP contribution in [0.25, 0.3) is 0 Å². The second-order valence-corrected chi connectivity index (χ2v) is 9.90. The van der Waals surface area contributed by atoms with Gasteiger partial charge in [0.05, 0.1) is 21.1 Å². The van der Waals surface area contributed by atoms with Crippen molar-refractivity contribution >= 4 is 9.73 Å². The summed E-state index contributed by atoms with van der Waals surface area (Å²) in [4.78, 5) is 0.706. The van der Waals surface area contributed by atoms with E-state index in [1.54, 1.807) is 7.05 Å². The maximum Gasteiger partial charge on any atom is 0.0867 e. The number of benzene rings is 1. The summed E-state index contributed by atoms with van der Waals surface area (Å²) < 4.78 is 17.7. The summed E-state index contributed by atoms with van der Waals surface area (Å²) in [5, 5.41) is 11.6. The molecule has 23 heavy (non-hydrogen) atoms. The Morgan fingerprint density at radius 2 is 2.04 bits per heavy atom. The average molecular weight is 333 g/mol. The molecule has 2 aliphatic rings. The molecule has 3 rings (SSSR count). The Balaban J connectivity index is 2.04. The minimum Gasteiger partial charge on any atom is -0.388 e. The summed E-state index contributed by atoms with van der Waals surface area (Å²) >= 11 is 0. The van der Waals surface area contributed by atoms with Crippen LogP contribution >= 0.6 is 0 Å². The molecule has 3 nitrogen and oxygen atoms in total. The molecule has 1 aromatic carbocycles. The van der Waals surface area contributed by atoms with Crippen molar-refractivity contribution in [2.75, 3.05) is 12.8 Å². The van der Waals surface area contributed by atoms with E-state index in [0.29, 0.717) is 23.2 Å². The van der Waals surface area contributed by atoms with Crippen molar-refractivity contribution in [3.63, 3.8) is 0 Å². The van der Waals surface area contributed by atoms with E-state index in [4.69, 9.17) is 0 Å². The van der Waals surface area contributed by atoms with Gasteiger partial charge in [0.15, 0.2) is 0 Å². The van der Waals surface area contributed by atoms with Gasteiger partial charge in [0.1, 0.15) is 0 Å². The molecule has 5 atom stereocenters. The number of hydrogen-bond donors (Lipinski definition) is 1. The van der Waals surface area contributed by atoms with Crippen molar-refractivity contribution in [1.29, 1.82) is 0 Å². The lowest BCUT2D eigenvalue weighted by molar-refractivity contribution is -0.0641. The van der Waals surface area contributed by atoms with Crippen molar-refractivity contribution in [3.8, 4) is 0 Å². The zero-order valence-electron chi connectivity index (χ0n) is 14.3. The van der Waals surface area contributed by atoms with Crippen molar-refractivity contribution in [1.82, 2.24) is 0 Å². The van der Waals surface area contributed by atoms with Crippen LogP contribution in [-0.4, -0.2) is 27.7 Å². The highest BCUT2D eigenvalue weighted by molar-refractivity contribution is 7.93. The molecule has 0 radical (unpaired) electrons. The lowest BCUT2D eigenvalue weighted by Crippen LogP contribution is -2.54. The predicted octanol–water partition coefficient (Wildman–Crippen LogP) is 3.89. The van der Waals surface area contributed by atoms with Gasteiger partial charge < -0.3 is 5.11 Å². The standard InChI is InChI=1S/C19H27NO2S/c1-14-12-19(21,18(3)11-10-17(14)15(18)2)13-23(22,20-4)16-8-6-5-7-9-16/h5-9,14,17,21H,2,10-13H2,1,3-4H3/t14?,17?,18?,19?,23-/m0/s1. The van der Waals surface area contributed by atoms with E-state index in [-0.39, 0.29) is 11.2 Å². The van der Waals surface area contributed by atoms with E-state index in [1.807, 2.05) is 30.3 Å². The molecule has 4 unspecified atom stereocenters. The number of hydrogen-bond acceptors (Lipinski definition) is 3. The smallest absolute Gasteiger partial charge is 0.0867 e. The summed E-state index contributed by atoms with van der Waals surface area (Å²) in [6, 6.07) is 9.35. The van der Waals surface area contributed by atoms with Gasteiger partial charge in [0.25, 0.3) is 0 Å². The van der Waals surface area contributed by atoms with Gasteiger partial charge in [-0.25, -0.2) is 8.57 Å². The molecule has 2 bridgehead atoms. The SMILES string of the molecule is C=C1C2CCC1(C)C(O)(C[S@@](=O)(=NC)c1ccccc1)CC2C. The molecule has 0 aromatic heterocycles. The monoisotopic (exact) mass is 333 g/mol. The van der Waals surface area contributed by atoms with Crippen LogP contribution in [0.15, 0.2) is 51.7 Å². The second-order valence-electron chi connectivity index (χ2n) is 7.50. The van der Waals surface area contributed by atoms with E-state index in [9.17, 15) is 9.32 Å². The molecule has 2 aliphatic carbocycles. The van der Waals surface area contributed by atoms with Crippen molar-refractivity contribution in [2.45, 2.75) is 43.6 Å². The molecule has 0 aliphatic heterocycles. The highest BCUT2D eigenvalue weighted by atomic mass is 32.2. The fourth-order valence-corrected chi connectivity index (χ4v) is 6.85. The Kier molecular flexibility index (Phi) is 3.96. The van der Waals surface area contributed by atoms with E-state index in [0.717, 1.165) is 18.4 Å². The van der Waals surface area contributed by atoms with E-state index in [2.05, 4.69) is 24.8 Å². The first kappa shape index (κ1) is 16.7. The Hall–Kier alpha value is -1.13. The molecule has 0 spiro atoms. The van der Waals surface area contributed by atoms with Crippen LogP contribution in [0.1, 0.15) is 33.1 Å². The fourth-order valence-electron chi connectivity index (χ4n) is 4.68. The maximum atomic E-state index is 13.5. The third-order valence-electron chi connectivity index (χ3n) is 6.33. The van der Waals surface area contributed by atoms with Gasteiger partial charge in [-0.3, -0.25) is 0 Å². The van der Waals surface area contributed by atoms with E-state index >= 15 is 0 Å². The summed E-state index contributed by atoms with van der Waals surface area (Å²) in [6.07, 6.45) is 2.67. The lowest BCUT2D eigenvalue weighted by atomic mass is 9.61. The van der Waals surface area contributed by atoms with Gasteiger partial charge >= 0.3 is 0 Å². The number of nitrogens with zero attached hydrogens (tertiary/aromatic N) is 1. The number of fused-ring (bicyclic) bond motifs is 2. The van der Waals surface area contributed by atoms with Gasteiger partial charge in [-0.1, -0.05) is 44.2 Å². The van der Waals surface area contributed by atoms with Crippen LogP contribution in [0.5, 0.6) is 0 Å². The molecule has 126 valence electrons. The van der Waals surface area contributed by atoms with Crippen LogP contribution in [0.2, 0.25) is 0 Å². The minimum atomic E-state index is -2.64. The molecule has 1 N–H and O–H groups in total. The van der Waals surface area contributed by atoms with Crippen LogP contribution in [0.4, 0.5) is 0 Å². The van der Waals surface area contributed by atoms with Crippen LogP contribution < -0.4 is 0 Å². The molecule has 1 aromatic rings. The molecule has 0 heterocycles. The Morgan fingerprint density at radius 3 is 2.65 bits per heavy atom. The minimum absolute atomic E-state index is 0.188. The number of rotatable bonds is 3. The largest absolute Gasteiger partial charge is 0.388 e. The average Bonchev–Trinajstić information content (AvgIpc) is 2.80. The van der Waals surface area contributed by atoms with Gasteiger partial charge in [0, 0.05) is 17.4 Å².